The maximum Gasteiger partial charge on any atom is 0.573 e. The number of aromatic nitrogens is 3. The lowest BCUT2D eigenvalue weighted by atomic mass is 9.77. The third-order valence-corrected chi connectivity index (χ3v) is 4.67. The van der Waals surface area contributed by atoms with Gasteiger partial charge in [-0.05, 0) is 41.6 Å². The van der Waals surface area contributed by atoms with Crippen molar-refractivity contribution in [3.63, 3.8) is 0 Å². The molecule has 1 aliphatic rings. The molecule has 0 atom stereocenters. The second kappa shape index (κ2) is 8.99. The predicted octanol–water partition coefficient (Wildman–Crippen LogP) is 4.48. The molecule has 12 heteroatoms. The summed E-state index contributed by atoms with van der Waals surface area (Å²) in [6.07, 6.45) is -1.28. The van der Waals surface area contributed by atoms with Crippen LogP contribution in [0.15, 0.2) is 41.2 Å². The van der Waals surface area contributed by atoms with Crippen LogP contribution in [0.25, 0.3) is 11.5 Å². The number of nitrogens with zero attached hydrogens (tertiary/aromatic N) is 3. The summed E-state index contributed by atoms with van der Waals surface area (Å²) in [7, 11) is 1.48. The van der Waals surface area contributed by atoms with E-state index in [1.54, 1.807) is 0 Å². The lowest BCUT2D eigenvalue weighted by Gasteiger charge is -2.35. The Balaban J connectivity index is 1.32. The zero-order chi connectivity index (χ0) is 22.7. The minimum Gasteiger partial charge on any atom is -0.473 e. The second-order valence-corrected chi connectivity index (χ2v) is 7.00. The molecule has 3 aromatic rings. The lowest BCUT2D eigenvalue weighted by Crippen LogP contribution is -2.32. The summed E-state index contributed by atoms with van der Waals surface area (Å²) in [5, 5.41) is 3.72. The molecule has 0 spiro atoms. The van der Waals surface area contributed by atoms with Crippen LogP contribution in [0.4, 0.5) is 17.6 Å². The van der Waals surface area contributed by atoms with Gasteiger partial charge in [0.2, 0.25) is 5.88 Å². The van der Waals surface area contributed by atoms with Crippen molar-refractivity contribution in [1.82, 2.24) is 15.1 Å². The van der Waals surface area contributed by atoms with E-state index >= 15 is 0 Å². The number of ether oxygens (including phenoxy) is 4. The van der Waals surface area contributed by atoms with Crippen molar-refractivity contribution in [1.29, 1.82) is 0 Å². The van der Waals surface area contributed by atoms with Crippen molar-refractivity contribution in [3.05, 3.63) is 48.0 Å². The third kappa shape index (κ3) is 5.44. The van der Waals surface area contributed by atoms with E-state index in [2.05, 4.69) is 19.9 Å². The molecule has 4 rings (SSSR count). The fraction of sp³-hybridized carbons (Fsp3) is 0.350. The molecule has 8 nitrogen and oxygen atoms in total. The van der Waals surface area contributed by atoms with E-state index < -0.39 is 17.9 Å². The summed E-state index contributed by atoms with van der Waals surface area (Å²) >= 11 is 0. The highest BCUT2D eigenvalue weighted by Crippen LogP contribution is 2.40. The van der Waals surface area contributed by atoms with Crippen molar-refractivity contribution < 1.29 is 41.0 Å². The molecule has 170 valence electrons. The zero-order valence-corrected chi connectivity index (χ0v) is 16.6. The van der Waals surface area contributed by atoms with Gasteiger partial charge in [0.1, 0.15) is 23.4 Å². The molecule has 32 heavy (non-hydrogen) atoms. The Morgan fingerprint density at radius 3 is 2.56 bits per heavy atom. The highest BCUT2D eigenvalue weighted by molar-refractivity contribution is 5.51. The first kappa shape index (κ1) is 21.8. The molecule has 0 N–H and O–H groups in total. The number of alkyl halides is 3. The molecule has 0 radical (unpaired) electrons. The standard InChI is InChI=1S/C20H17F4N3O5/c1-28-10-29-18-7-17(32-27-18)16-8-26-19(9-25-16)30-14-3-12(4-14)11-2-13(21)6-15(5-11)31-20(22,23)24/h2,5-9,12,14H,3-4,10H2,1H3. The maximum absolute atomic E-state index is 13.7. The third-order valence-electron chi connectivity index (χ3n) is 4.67. The van der Waals surface area contributed by atoms with Crippen LogP contribution >= 0.6 is 0 Å². The van der Waals surface area contributed by atoms with Crippen LogP contribution in [0.1, 0.15) is 24.3 Å². The minimum atomic E-state index is -4.88. The molecule has 1 aliphatic carbocycles. The van der Waals surface area contributed by atoms with Crippen molar-refractivity contribution in [2.75, 3.05) is 13.9 Å². The van der Waals surface area contributed by atoms with E-state index in [-0.39, 0.29) is 30.6 Å². The summed E-state index contributed by atoms with van der Waals surface area (Å²) in [6, 6.07) is 4.62. The van der Waals surface area contributed by atoms with Crippen molar-refractivity contribution in [2.24, 2.45) is 0 Å². The average Bonchev–Trinajstić information content (AvgIpc) is 3.16. The van der Waals surface area contributed by atoms with Crippen molar-refractivity contribution in [2.45, 2.75) is 31.2 Å². The fourth-order valence-corrected chi connectivity index (χ4v) is 3.19. The summed E-state index contributed by atoms with van der Waals surface area (Å²) in [4.78, 5) is 8.38. The number of rotatable bonds is 8. The summed E-state index contributed by atoms with van der Waals surface area (Å²) in [5.74, 6) is -0.670. The quantitative estimate of drug-likeness (QED) is 0.363. The van der Waals surface area contributed by atoms with E-state index in [0.717, 1.165) is 0 Å². The van der Waals surface area contributed by atoms with Gasteiger partial charge >= 0.3 is 6.36 Å². The van der Waals surface area contributed by atoms with Gasteiger partial charge in [0.15, 0.2) is 12.6 Å². The molecule has 2 heterocycles. The van der Waals surface area contributed by atoms with E-state index in [4.69, 9.17) is 18.7 Å². The van der Waals surface area contributed by atoms with Gasteiger partial charge in [-0.3, -0.25) is 0 Å². The highest BCUT2D eigenvalue weighted by Gasteiger charge is 2.35. The SMILES string of the molecule is COCOc1cc(-c2cnc(OC3CC(c4cc(F)cc(OC(F)(F)F)c4)C3)cn2)on1. The topological polar surface area (TPSA) is 88.7 Å². The van der Waals surface area contributed by atoms with Crippen molar-refractivity contribution >= 4 is 0 Å². The summed E-state index contributed by atoms with van der Waals surface area (Å²) in [6.45, 7) is 0.0269. The van der Waals surface area contributed by atoms with Gasteiger partial charge in [-0.25, -0.2) is 14.4 Å². The van der Waals surface area contributed by atoms with Crippen LogP contribution in [0.5, 0.6) is 17.5 Å². The fourth-order valence-electron chi connectivity index (χ4n) is 3.19. The molecular formula is C20H17F4N3O5. The largest absolute Gasteiger partial charge is 0.573 e. The molecule has 1 aromatic carbocycles. The molecule has 0 aliphatic heterocycles. The molecule has 0 unspecified atom stereocenters. The van der Waals surface area contributed by atoms with Crippen LogP contribution in [0.3, 0.4) is 0 Å². The maximum atomic E-state index is 13.7. The number of halogens is 4. The number of hydrogen-bond donors (Lipinski definition) is 0. The van der Waals surface area contributed by atoms with Gasteiger partial charge < -0.3 is 23.5 Å². The Hall–Kier alpha value is -3.41. The smallest absolute Gasteiger partial charge is 0.473 e. The minimum absolute atomic E-state index is 0.0269. The zero-order valence-electron chi connectivity index (χ0n) is 16.6. The molecule has 1 fully saturated rings. The summed E-state index contributed by atoms with van der Waals surface area (Å²) < 4.78 is 75.5. The summed E-state index contributed by atoms with van der Waals surface area (Å²) in [5.41, 5.74) is 0.836. The monoisotopic (exact) mass is 455 g/mol. The Bertz CT molecular complexity index is 1050. The molecule has 0 bridgehead atoms. The Labute approximate surface area is 179 Å². The Morgan fingerprint density at radius 1 is 1.06 bits per heavy atom. The Kier molecular flexibility index (Phi) is 6.12. The number of hydrogen-bond acceptors (Lipinski definition) is 8. The van der Waals surface area contributed by atoms with Crippen molar-refractivity contribution in [3.8, 4) is 29.0 Å². The van der Waals surface area contributed by atoms with Crippen LogP contribution in [0, 0.1) is 5.82 Å². The first-order valence-electron chi connectivity index (χ1n) is 9.43. The molecule has 0 saturated heterocycles. The van der Waals surface area contributed by atoms with Crippen LogP contribution in [-0.4, -0.2) is 41.5 Å². The molecule has 2 aromatic heterocycles. The van der Waals surface area contributed by atoms with E-state index in [0.29, 0.717) is 35.9 Å². The Morgan fingerprint density at radius 2 is 1.88 bits per heavy atom. The lowest BCUT2D eigenvalue weighted by molar-refractivity contribution is -0.274. The number of benzene rings is 1. The van der Waals surface area contributed by atoms with Crippen LogP contribution < -0.4 is 14.2 Å². The first-order valence-corrected chi connectivity index (χ1v) is 9.43. The predicted molar refractivity (Wildman–Crippen MR) is 99.5 cm³/mol. The first-order chi connectivity index (χ1) is 15.3. The van der Waals surface area contributed by atoms with Gasteiger partial charge in [-0.2, -0.15) is 0 Å². The second-order valence-electron chi connectivity index (χ2n) is 7.00. The molecular weight excluding hydrogens is 438 g/mol. The number of methoxy groups -OCH3 is 1. The molecule has 0 amide bonds. The normalized spacial score (nSPS) is 18.2. The van der Waals surface area contributed by atoms with Gasteiger partial charge in [0.05, 0.1) is 18.5 Å². The van der Waals surface area contributed by atoms with Gasteiger partial charge in [-0.15, -0.1) is 13.2 Å². The highest BCUT2D eigenvalue weighted by atomic mass is 19.4. The van der Waals surface area contributed by atoms with Gasteiger partial charge in [-0.1, -0.05) is 0 Å². The molecule has 1 saturated carbocycles. The van der Waals surface area contributed by atoms with Gasteiger partial charge in [0, 0.05) is 13.2 Å². The van der Waals surface area contributed by atoms with Gasteiger partial charge in [0.25, 0.3) is 5.88 Å². The average molecular weight is 455 g/mol. The van der Waals surface area contributed by atoms with E-state index in [1.165, 1.54) is 37.7 Å². The van der Waals surface area contributed by atoms with Crippen LogP contribution in [0.2, 0.25) is 0 Å². The van der Waals surface area contributed by atoms with E-state index in [1.807, 2.05) is 0 Å². The van der Waals surface area contributed by atoms with E-state index in [9.17, 15) is 17.6 Å². The van der Waals surface area contributed by atoms with Crippen LogP contribution in [-0.2, 0) is 4.74 Å².